The molecule has 0 aromatic carbocycles. The van der Waals surface area contributed by atoms with Gasteiger partial charge in [-0.05, 0) is 17.5 Å². The smallest absolute Gasteiger partial charge is 0.0954 e. The topological polar surface area (TPSA) is 39.2 Å². The number of nitrogens with two attached hydrogens (primary N) is 1. The molecule has 62 valence electrons. The molecule has 2 aromatic rings. The Morgan fingerprint density at radius 3 is 2.92 bits per heavy atom. The van der Waals surface area contributed by atoms with Crippen LogP contribution in [0.15, 0.2) is 40.5 Å². The molecule has 0 aliphatic rings. The summed E-state index contributed by atoms with van der Waals surface area (Å²) in [5.41, 5.74) is 6.98. The van der Waals surface area contributed by atoms with Crippen LogP contribution in [0.1, 0.15) is 16.5 Å². The van der Waals surface area contributed by atoms with Crippen LogP contribution in [0.25, 0.3) is 0 Å². The third-order valence-corrected chi connectivity index (χ3v) is 2.71. The van der Waals surface area contributed by atoms with Crippen molar-refractivity contribution in [1.82, 2.24) is 0 Å². The second-order valence-electron chi connectivity index (χ2n) is 2.55. The highest BCUT2D eigenvalue weighted by atomic mass is 32.1. The number of hydrogen-bond donors (Lipinski definition) is 1. The molecule has 0 spiro atoms. The highest BCUT2D eigenvalue weighted by molar-refractivity contribution is 7.10. The average molecular weight is 179 g/mol. The summed E-state index contributed by atoms with van der Waals surface area (Å²) in [6.07, 6.45) is 3.33. The minimum atomic E-state index is -0.0382. The molecule has 0 aliphatic carbocycles. The fourth-order valence-corrected chi connectivity index (χ4v) is 1.84. The molecule has 2 rings (SSSR count). The van der Waals surface area contributed by atoms with E-state index in [1.54, 1.807) is 23.9 Å². The first-order chi connectivity index (χ1) is 5.88. The maximum atomic E-state index is 5.96. The van der Waals surface area contributed by atoms with Crippen molar-refractivity contribution in [3.63, 3.8) is 0 Å². The third-order valence-electron chi connectivity index (χ3n) is 1.75. The monoisotopic (exact) mass is 179 g/mol. The summed E-state index contributed by atoms with van der Waals surface area (Å²) in [5.74, 6) is 0. The molecular weight excluding hydrogens is 170 g/mol. The summed E-state index contributed by atoms with van der Waals surface area (Å²) in [6.45, 7) is 0. The Kier molecular flexibility index (Phi) is 1.98. The second-order valence-corrected chi connectivity index (χ2v) is 3.53. The van der Waals surface area contributed by atoms with Gasteiger partial charge in [-0.1, -0.05) is 6.07 Å². The van der Waals surface area contributed by atoms with Gasteiger partial charge < -0.3 is 10.2 Å². The van der Waals surface area contributed by atoms with E-state index in [0.29, 0.717) is 0 Å². The maximum absolute atomic E-state index is 5.96. The quantitative estimate of drug-likeness (QED) is 0.768. The Labute approximate surface area is 74.6 Å². The van der Waals surface area contributed by atoms with Crippen molar-refractivity contribution in [2.75, 3.05) is 0 Å². The number of thiophene rings is 1. The fraction of sp³-hybridized carbons (Fsp3) is 0.111. The second kappa shape index (κ2) is 3.13. The van der Waals surface area contributed by atoms with Crippen LogP contribution in [-0.4, -0.2) is 0 Å². The Morgan fingerprint density at radius 1 is 1.42 bits per heavy atom. The minimum Gasteiger partial charge on any atom is -0.472 e. The van der Waals surface area contributed by atoms with Crippen LogP contribution in [0, 0.1) is 0 Å². The van der Waals surface area contributed by atoms with Crippen LogP contribution in [0.2, 0.25) is 0 Å². The zero-order valence-electron chi connectivity index (χ0n) is 6.44. The summed E-state index contributed by atoms with van der Waals surface area (Å²) in [5, 5.41) is 2.02. The Morgan fingerprint density at radius 2 is 2.33 bits per heavy atom. The van der Waals surface area contributed by atoms with Crippen LogP contribution in [0.5, 0.6) is 0 Å². The van der Waals surface area contributed by atoms with Crippen LogP contribution in [-0.2, 0) is 0 Å². The summed E-state index contributed by atoms with van der Waals surface area (Å²) >= 11 is 1.66. The van der Waals surface area contributed by atoms with Crippen molar-refractivity contribution >= 4 is 11.3 Å². The molecular formula is C9H9NOS. The standard InChI is InChI=1S/C9H9NOS/c10-9(7-3-4-11-6-7)8-2-1-5-12-8/h1-6,9H,10H2/t9-/m1/s1. The van der Waals surface area contributed by atoms with E-state index in [4.69, 9.17) is 10.2 Å². The van der Waals surface area contributed by atoms with Gasteiger partial charge in [0, 0.05) is 10.4 Å². The highest BCUT2D eigenvalue weighted by Gasteiger charge is 2.09. The predicted molar refractivity (Wildman–Crippen MR) is 49.1 cm³/mol. The summed E-state index contributed by atoms with van der Waals surface area (Å²) in [4.78, 5) is 1.16. The van der Waals surface area contributed by atoms with Crippen LogP contribution < -0.4 is 5.73 Å². The van der Waals surface area contributed by atoms with Crippen molar-refractivity contribution < 1.29 is 4.42 Å². The SMILES string of the molecule is N[C@H](c1ccoc1)c1cccs1. The summed E-state index contributed by atoms with van der Waals surface area (Å²) in [6, 6.07) is 5.89. The highest BCUT2D eigenvalue weighted by Crippen LogP contribution is 2.23. The molecule has 12 heavy (non-hydrogen) atoms. The van der Waals surface area contributed by atoms with Gasteiger partial charge in [-0.2, -0.15) is 0 Å². The van der Waals surface area contributed by atoms with Crippen molar-refractivity contribution in [3.05, 3.63) is 46.5 Å². The lowest BCUT2D eigenvalue weighted by Gasteiger charge is -2.04. The van der Waals surface area contributed by atoms with E-state index in [9.17, 15) is 0 Å². The normalized spacial score (nSPS) is 13.1. The third kappa shape index (κ3) is 1.29. The van der Waals surface area contributed by atoms with E-state index in [1.165, 1.54) is 0 Å². The first-order valence-electron chi connectivity index (χ1n) is 3.69. The molecule has 2 nitrogen and oxygen atoms in total. The van der Waals surface area contributed by atoms with Gasteiger partial charge in [0.25, 0.3) is 0 Å². The molecule has 3 heteroatoms. The van der Waals surface area contributed by atoms with Gasteiger partial charge in [-0.3, -0.25) is 0 Å². The first-order valence-corrected chi connectivity index (χ1v) is 4.57. The Bertz CT molecular complexity index is 291. The van der Waals surface area contributed by atoms with E-state index in [2.05, 4.69) is 0 Å². The van der Waals surface area contributed by atoms with Crippen molar-refractivity contribution in [1.29, 1.82) is 0 Å². The van der Waals surface area contributed by atoms with E-state index >= 15 is 0 Å². The lowest BCUT2D eigenvalue weighted by molar-refractivity contribution is 0.562. The molecule has 0 amide bonds. The predicted octanol–water partition coefficient (Wildman–Crippen LogP) is 2.39. The van der Waals surface area contributed by atoms with Gasteiger partial charge in [0.15, 0.2) is 0 Å². The summed E-state index contributed by atoms with van der Waals surface area (Å²) < 4.78 is 4.96. The van der Waals surface area contributed by atoms with E-state index in [-0.39, 0.29) is 6.04 Å². The van der Waals surface area contributed by atoms with Crippen LogP contribution >= 0.6 is 11.3 Å². The van der Waals surface area contributed by atoms with Crippen LogP contribution in [0.4, 0.5) is 0 Å². The molecule has 2 aromatic heterocycles. The lowest BCUT2D eigenvalue weighted by atomic mass is 10.1. The van der Waals surface area contributed by atoms with Gasteiger partial charge in [0.05, 0.1) is 18.6 Å². The average Bonchev–Trinajstić information content (AvgIpc) is 2.77. The molecule has 0 radical (unpaired) electrons. The lowest BCUT2D eigenvalue weighted by Crippen LogP contribution is -2.08. The van der Waals surface area contributed by atoms with Gasteiger partial charge in [-0.15, -0.1) is 11.3 Å². The van der Waals surface area contributed by atoms with Gasteiger partial charge in [0.2, 0.25) is 0 Å². The molecule has 0 saturated heterocycles. The molecule has 0 unspecified atom stereocenters. The van der Waals surface area contributed by atoms with Gasteiger partial charge in [0.1, 0.15) is 0 Å². The number of furan rings is 1. The maximum Gasteiger partial charge on any atom is 0.0954 e. The molecule has 0 fully saturated rings. The van der Waals surface area contributed by atoms with Gasteiger partial charge >= 0.3 is 0 Å². The van der Waals surface area contributed by atoms with Gasteiger partial charge in [-0.25, -0.2) is 0 Å². The zero-order chi connectivity index (χ0) is 8.39. The molecule has 0 bridgehead atoms. The van der Waals surface area contributed by atoms with Crippen molar-refractivity contribution in [2.24, 2.45) is 5.73 Å². The van der Waals surface area contributed by atoms with Crippen molar-refractivity contribution in [3.8, 4) is 0 Å². The van der Waals surface area contributed by atoms with Crippen molar-refractivity contribution in [2.45, 2.75) is 6.04 Å². The Hall–Kier alpha value is -1.06. The van der Waals surface area contributed by atoms with E-state index < -0.39 is 0 Å². The minimum absolute atomic E-state index is 0.0382. The number of rotatable bonds is 2. The molecule has 0 saturated carbocycles. The van der Waals surface area contributed by atoms with E-state index in [1.807, 2.05) is 23.6 Å². The molecule has 0 aliphatic heterocycles. The number of hydrogen-bond acceptors (Lipinski definition) is 3. The molecule has 2 N–H and O–H groups in total. The molecule has 2 heterocycles. The zero-order valence-corrected chi connectivity index (χ0v) is 7.25. The van der Waals surface area contributed by atoms with E-state index in [0.717, 1.165) is 10.4 Å². The fourth-order valence-electron chi connectivity index (χ4n) is 1.08. The first kappa shape index (κ1) is 7.58. The largest absolute Gasteiger partial charge is 0.472 e. The van der Waals surface area contributed by atoms with Crippen LogP contribution in [0.3, 0.4) is 0 Å². The summed E-state index contributed by atoms with van der Waals surface area (Å²) in [7, 11) is 0. The Balaban J connectivity index is 2.27. The molecule has 1 atom stereocenters.